The van der Waals surface area contributed by atoms with Crippen LogP contribution in [0.5, 0.6) is 0 Å². The van der Waals surface area contributed by atoms with Crippen LogP contribution in [0.2, 0.25) is 5.02 Å². The van der Waals surface area contributed by atoms with E-state index in [-0.39, 0.29) is 5.91 Å². The van der Waals surface area contributed by atoms with E-state index in [1.54, 1.807) is 11.3 Å². The molecule has 0 saturated carbocycles. The fourth-order valence-corrected chi connectivity index (χ4v) is 4.90. The highest BCUT2D eigenvalue weighted by Crippen LogP contribution is 2.33. The Kier molecular flexibility index (Phi) is 5.71. The van der Waals surface area contributed by atoms with Gasteiger partial charge in [-0.2, -0.15) is 0 Å². The molecule has 0 spiro atoms. The summed E-state index contributed by atoms with van der Waals surface area (Å²) in [4.78, 5) is 17.5. The lowest BCUT2D eigenvalue weighted by Gasteiger charge is -2.09. The van der Waals surface area contributed by atoms with Crippen molar-refractivity contribution in [3.8, 4) is 21.8 Å². The van der Waals surface area contributed by atoms with Crippen LogP contribution in [-0.4, -0.2) is 10.9 Å². The second-order valence-corrected chi connectivity index (χ2v) is 8.73. The zero-order chi connectivity index (χ0) is 21.9. The van der Waals surface area contributed by atoms with Crippen molar-refractivity contribution in [2.45, 2.75) is 6.42 Å². The van der Waals surface area contributed by atoms with E-state index in [1.807, 2.05) is 78.2 Å². The van der Waals surface area contributed by atoms with Crippen LogP contribution in [0.15, 0.2) is 96.4 Å². The van der Waals surface area contributed by atoms with E-state index in [0.717, 1.165) is 43.9 Å². The number of hydrogen-bond donors (Lipinski definition) is 1. The van der Waals surface area contributed by atoms with E-state index >= 15 is 0 Å². The van der Waals surface area contributed by atoms with Crippen LogP contribution < -0.4 is 5.32 Å². The van der Waals surface area contributed by atoms with Crippen molar-refractivity contribution in [2.75, 3.05) is 5.32 Å². The monoisotopic (exact) mass is 454 g/mol. The highest BCUT2D eigenvalue weighted by molar-refractivity contribution is 7.13. The van der Waals surface area contributed by atoms with E-state index in [9.17, 15) is 4.79 Å². The zero-order valence-corrected chi connectivity index (χ0v) is 18.7. The van der Waals surface area contributed by atoms with Crippen molar-refractivity contribution in [1.29, 1.82) is 0 Å². The summed E-state index contributed by atoms with van der Waals surface area (Å²) in [5.74, 6) is -0.0477. The lowest BCUT2D eigenvalue weighted by molar-refractivity contribution is -0.115. The molecule has 0 unspecified atom stereocenters. The molecule has 0 aliphatic carbocycles. The maximum absolute atomic E-state index is 12.8. The summed E-state index contributed by atoms with van der Waals surface area (Å²) in [5, 5.41) is 8.83. The first kappa shape index (κ1) is 20.4. The van der Waals surface area contributed by atoms with Gasteiger partial charge in [0.25, 0.3) is 0 Å². The smallest absolute Gasteiger partial charge is 0.228 e. The van der Waals surface area contributed by atoms with Gasteiger partial charge >= 0.3 is 0 Å². The summed E-state index contributed by atoms with van der Waals surface area (Å²) < 4.78 is 0. The Balaban J connectivity index is 1.34. The van der Waals surface area contributed by atoms with Gasteiger partial charge in [-0.25, -0.2) is 4.98 Å². The molecule has 32 heavy (non-hydrogen) atoms. The minimum absolute atomic E-state index is 0.0477. The Hall–Kier alpha value is -3.47. The van der Waals surface area contributed by atoms with Gasteiger partial charge in [-0.05, 0) is 34.5 Å². The van der Waals surface area contributed by atoms with Crippen molar-refractivity contribution < 1.29 is 4.79 Å². The summed E-state index contributed by atoms with van der Waals surface area (Å²) in [6.45, 7) is 0. The number of nitrogens with one attached hydrogen (secondary N) is 1. The molecule has 5 heteroatoms. The Morgan fingerprint density at radius 1 is 0.906 bits per heavy atom. The largest absolute Gasteiger partial charge is 0.326 e. The molecule has 0 atom stereocenters. The number of rotatable bonds is 5. The first-order valence-electron chi connectivity index (χ1n) is 10.2. The normalized spacial score (nSPS) is 10.9. The maximum Gasteiger partial charge on any atom is 0.228 e. The maximum atomic E-state index is 12.8. The molecule has 0 fully saturated rings. The van der Waals surface area contributed by atoms with Gasteiger partial charge in [-0.1, -0.05) is 84.4 Å². The number of anilines is 1. The lowest BCUT2D eigenvalue weighted by atomic mass is 10.0. The van der Waals surface area contributed by atoms with Crippen molar-refractivity contribution >= 4 is 45.3 Å². The predicted molar refractivity (Wildman–Crippen MR) is 134 cm³/mol. The first-order valence-corrected chi connectivity index (χ1v) is 11.5. The fourth-order valence-electron chi connectivity index (χ4n) is 3.75. The molecule has 0 aliphatic rings. The highest BCUT2D eigenvalue weighted by Gasteiger charge is 2.11. The summed E-state index contributed by atoms with van der Waals surface area (Å²) >= 11 is 7.87. The third-order valence-corrected chi connectivity index (χ3v) is 6.49. The average molecular weight is 455 g/mol. The first-order chi connectivity index (χ1) is 15.7. The molecule has 4 aromatic carbocycles. The minimum Gasteiger partial charge on any atom is -0.326 e. The molecule has 5 rings (SSSR count). The van der Waals surface area contributed by atoms with Crippen molar-refractivity contribution in [2.24, 2.45) is 0 Å². The molecule has 156 valence electrons. The van der Waals surface area contributed by atoms with Gasteiger partial charge in [0.05, 0.1) is 17.1 Å². The summed E-state index contributed by atoms with van der Waals surface area (Å²) in [5.41, 5.74) is 4.49. The molecule has 0 saturated heterocycles. The molecule has 1 N–H and O–H groups in total. The van der Waals surface area contributed by atoms with Gasteiger partial charge in [-0.3, -0.25) is 4.79 Å². The minimum atomic E-state index is -0.0477. The number of nitrogens with zero attached hydrogens (tertiary/aromatic N) is 1. The van der Waals surface area contributed by atoms with Gasteiger partial charge in [0, 0.05) is 22.2 Å². The lowest BCUT2D eigenvalue weighted by Crippen LogP contribution is -2.14. The topological polar surface area (TPSA) is 42.0 Å². The Labute approximate surface area is 195 Å². The van der Waals surface area contributed by atoms with Gasteiger partial charge in [-0.15, -0.1) is 11.3 Å². The van der Waals surface area contributed by atoms with Crippen LogP contribution in [0.4, 0.5) is 5.69 Å². The molecule has 0 bridgehead atoms. The Bertz CT molecular complexity index is 1420. The van der Waals surface area contributed by atoms with Crippen molar-refractivity contribution in [3.63, 3.8) is 0 Å². The summed E-state index contributed by atoms with van der Waals surface area (Å²) in [6.07, 6.45) is 0.318. The van der Waals surface area contributed by atoms with Crippen LogP contribution >= 0.6 is 22.9 Å². The van der Waals surface area contributed by atoms with Gasteiger partial charge in [0.15, 0.2) is 0 Å². The molecule has 1 heterocycles. The fraction of sp³-hybridized carbons (Fsp3) is 0.0370. The molecule has 1 amide bonds. The average Bonchev–Trinajstić information content (AvgIpc) is 3.30. The van der Waals surface area contributed by atoms with E-state index in [0.29, 0.717) is 11.4 Å². The SMILES string of the molecule is O=C(Cc1cccc2ccccc12)Nc1cccc(-c2csc(-c3ccccc3Cl)n2)c1. The second kappa shape index (κ2) is 8.95. The molecule has 3 nitrogen and oxygen atoms in total. The molecule has 5 aromatic rings. The van der Waals surface area contributed by atoms with Gasteiger partial charge in [0.1, 0.15) is 5.01 Å². The van der Waals surface area contributed by atoms with Crippen LogP contribution in [0.25, 0.3) is 32.6 Å². The number of carbonyl (C=O) groups excluding carboxylic acids is 1. The molecule has 0 radical (unpaired) electrons. The van der Waals surface area contributed by atoms with Crippen molar-refractivity contribution in [3.05, 3.63) is 107 Å². The molecular weight excluding hydrogens is 436 g/mol. The standard InChI is InChI=1S/C27H19ClN2OS/c28-24-14-4-3-13-23(24)27-30-25(17-32-27)20-10-6-11-21(15-20)29-26(31)16-19-9-5-8-18-7-1-2-12-22(18)19/h1-15,17H,16H2,(H,29,31). The number of fused-ring (bicyclic) bond motifs is 1. The van der Waals surface area contributed by atoms with Crippen molar-refractivity contribution in [1.82, 2.24) is 4.98 Å². The second-order valence-electron chi connectivity index (χ2n) is 7.46. The number of thiazole rings is 1. The number of benzene rings is 4. The third kappa shape index (κ3) is 4.28. The summed E-state index contributed by atoms with van der Waals surface area (Å²) in [6, 6.07) is 29.6. The quantitative estimate of drug-likeness (QED) is 0.299. The number of aromatic nitrogens is 1. The third-order valence-electron chi connectivity index (χ3n) is 5.28. The van der Waals surface area contributed by atoms with E-state index in [2.05, 4.69) is 23.5 Å². The summed E-state index contributed by atoms with van der Waals surface area (Å²) in [7, 11) is 0. The van der Waals surface area contributed by atoms with E-state index in [4.69, 9.17) is 16.6 Å². The number of halogens is 1. The molecule has 0 aliphatic heterocycles. The van der Waals surface area contributed by atoms with E-state index < -0.39 is 0 Å². The van der Waals surface area contributed by atoms with Crippen LogP contribution in [0, 0.1) is 0 Å². The van der Waals surface area contributed by atoms with Gasteiger partial charge < -0.3 is 5.32 Å². The number of hydrogen-bond acceptors (Lipinski definition) is 3. The van der Waals surface area contributed by atoms with Crippen LogP contribution in [0.3, 0.4) is 0 Å². The molecule has 1 aromatic heterocycles. The predicted octanol–water partition coefficient (Wildman–Crippen LogP) is 7.46. The van der Waals surface area contributed by atoms with Crippen LogP contribution in [0.1, 0.15) is 5.56 Å². The molecular formula is C27H19ClN2OS. The van der Waals surface area contributed by atoms with E-state index in [1.165, 1.54) is 0 Å². The highest BCUT2D eigenvalue weighted by atomic mass is 35.5. The van der Waals surface area contributed by atoms with Crippen LogP contribution in [-0.2, 0) is 11.2 Å². The number of amides is 1. The Morgan fingerprint density at radius 2 is 1.69 bits per heavy atom. The Morgan fingerprint density at radius 3 is 2.59 bits per heavy atom. The number of carbonyl (C=O) groups is 1. The zero-order valence-electron chi connectivity index (χ0n) is 17.1. The van der Waals surface area contributed by atoms with Gasteiger partial charge in [0.2, 0.25) is 5.91 Å².